The highest BCUT2D eigenvalue weighted by Gasteiger charge is 2.21. The molecular formula is C13H16N2O3. The van der Waals surface area contributed by atoms with E-state index in [-0.39, 0.29) is 5.91 Å². The van der Waals surface area contributed by atoms with Gasteiger partial charge in [0.1, 0.15) is 17.1 Å². The Bertz CT molecular complexity index is 444. The summed E-state index contributed by atoms with van der Waals surface area (Å²) < 4.78 is 10.3. The second kappa shape index (κ2) is 6.50. The standard InChI is InChI=1S/C13H16N2O3/c1-15(9-5-8-14)13(16)12-10(17-2)6-4-7-11(12)18-3/h4,6-7H,5,9H2,1-3H3. The van der Waals surface area contributed by atoms with Crippen molar-refractivity contribution < 1.29 is 14.3 Å². The largest absolute Gasteiger partial charge is 0.496 e. The van der Waals surface area contributed by atoms with Gasteiger partial charge in [-0.05, 0) is 12.1 Å². The smallest absolute Gasteiger partial charge is 0.261 e. The van der Waals surface area contributed by atoms with Gasteiger partial charge in [0.2, 0.25) is 0 Å². The second-order valence-electron chi connectivity index (χ2n) is 3.67. The third-order valence-electron chi connectivity index (χ3n) is 2.55. The highest BCUT2D eigenvalue weighted by molar-refractivity contribution is 5.99. The first-order valence-electron chi connectivity index (χ1n) is 5.49. The van der Waals surface area contributed by atoms with Gasteiger partial charge in [0, 0.05) is 13.6 Å². The van der Waals surface area contributed by atoms with Gasteiger partial charge in [-0.3, -0.25) is 4.79 Å². The Hall–Kier alpha value is -2.22. The van der Waals surface area contributed by atoms with Crippen molar-refractivity contribution in [3.05, 3.63) is 23.8 Å². The number of carbonyl (C=O) groups is 1. The van der Waals surface area contributed by atoms with Crippen LogP contribution in [-0.4, -0.2) is 38.6 Å². The van der Waals surface area contributed by atoms with Gasteiger partial charge in [-0.2, -0.15) is 5.26 Å². The lowest BCUT2D eigenvalue weighted by atomic mass is 10.1. The first kappa shape index (κ1) is 13.8. The van der Waals surface area contributed by atoms with Crippen LogP contribution < -0.4 is 9.47 Å². The average Bonchev–Trinajstić information content (AvgIpc) is 2.42. The van der Waals surface area contributed by atoms with E-state index in [9.17, 15) is 4.79 Å². The maximum absolute atomic E-state index is 12.3. The third-order valence-corrected chi connectivity index (χ3v) is 2.55. The average molecular weight is 248 g/mol. The summed E-state index contributed by atoms with van der Waals surface area (Å²) in [5.41, 5.74) is 0.378. The van der Waals surface area contributed by atoms with Crippen molar-refractivity contribution in [3.8, 4) is 17.6 Å². The number of benzene rings is 1. The van der Waals surface area contributed by atoms with E-state index in [4.69, 9.17) is 14.7 Å². The Morgan fingerprint density at radius 3 is 2.33 bits per heavy atom. The number of methoxy groups -OCH3 is 2. The van der Waals surface area contributed by atoms with Crippen molar-refractivity contribution in [3.63, 3.8) is 0 Å². The van der Waals surface area contributed by atoms with Crippen molar-refractivity contribution in [2.45, 2.75) is 6.42 Å². The van der Waals surface area contributed by atoms with E-state index in [1.165, 1.54) is 19.1 Å². The summed E-state index contributed by atoms with van der Waals surface area (Å²) in [4.78, 5) is 13.7. The number of hydrogen-bond donors (Lipinski definition) is 0. The van der Waals surface area contributed by atoms with E-state index in [0.29, 0.717) is 30.0 Å². The van der Waals surface area contributed by atoms with Crippen molar-refractivity contribution in [2.24, 2.45) is 0 Å². The van der Waals surface area contributed by atoms with E-state index >= 15 is 0 Å². The zero-order valence-corrected chi connectivity index (χ0v) is 10.8. The topological polar surface area (TPSA) is 62.6 Å². The SMILES string of the molecule is COc1cccc(OC)c1C(=O)N(C)CCC#N. The van der Waals surface area contributed by atoms with E-state index in [0.717, 1.165) is 0 Å². The first-order chi connectivity index (χ1) is 8.65. The maximum Gasteiger partial charge on any atom is 0.261 e. The predicted molar refractivity (Wildman–Crippen MR) is 66.7 cm³/mol. The molecule has 0 aliphatic heterocycles. The van der Waals surface area contributed by atoms with Crippen molar-refractivity contribution in [1.82, 2.24) is 4.90 Å². The van der Waals surface area contributed by atoms with Gasteiger partial charge in [-0.15, -0.1) is 0 Å². The van der Waals surface area contributed by atoms with Crippen LogP contribution in [0.4, 0.5) is 0 Å². The van der Waals surface area contributed by atoms with Crippen molar-refractivity contribution >= 4 is 5.91 Å². The van der Waals surface area contributed by atoms with E-state index in [1.807, 2.05) is 6.07 Å². The summed E-state index contributed by atoms with van der Waals surface area (Å²) in [6.07, 6.45) is 0.291. The fourth-order valence-electron chi connectivity index (χ4n) is 1.57. The Kier molecular flexibility index (Phi) is 5.00. The lowest BCUT2D eigenvalue weighted by Crippen LogP contribution is -2.28. The van der Waals surface area contributed by atoms with Crippen LogP contribution in [0.15, 0.2) is 18.2 Å². The molecule has 0 saturated carbocycles. The molecule has 0 N–H and O–H groups in total. The molecular weight excluding hydrogens is 232 g/mol. The number of hydrogen-bond acceptors (Lipinski definition) is 4. The molecule has 1 aromatic rings. The minimum atomic E-state index is -0.223. The quantitative estimate of drug-likeness (QED) is 0.795. The van der Waals surface area contributed by atoms with Crippen molar-refractivity contribution in [2.75, 3.05) is 27.8 Å². The number of nitrogens with zero attached hydrogens (tertiary/aromatic N) is 2. The predicted octanol–water partition coefficient (Wildman–Crippen LogP) is 1.69. The monoisotopic (exact) mass is 248 g/mol. The molecule has 18 heavy (non-hydrogen) atoms. The van der Waals surface area contributed by atoms with Gasteiger partial charge in [0.05, 0.1) is 26.7 Å². The summed E-state index contributed by atoms with van der Waals surface area (Å²) in [5, 5.41) is 8.53. The number of carbonyl (C=O) groups excluding carboxylic acids is 1. The molecule has 0 aliphatic rings. The molecule has 0 radical (unpaired) electrons. The molecule has 5 nitrogen and oxygen atoms in total. The summed E-state index contributed by atoms with van der Waals surface area (Å²) in [7, 11) is 4.65. The molecule has 1 aromatic carbocycles. The Balaban J connectivity index is 3.07. The summed E-state index contributed by atoms with van der Waals surface area (Å²) in [5.74, 6) is 0.700. The highest BCUT2D eigenvalue weighted by atomic mass is 16.5. The molecule has 96 valence electrons. The lowest BCUT2D eigenvalue weighted by molar-refractivity contribution is 0.0791. The molecule has 1 rings (SSSR count). The molecule has 1 amide bonds. The van der Waals surface area contributed by atoms with Gasteiger partial charge in [0.15, 0.2) is 0 Å². The molecule has 0 aromatic heterocycles. The fraction of sp³-hybridized carbons (Fsp3) is 0.385. The third kappa shape index (κ3) is 2.92. The Morgan fingerprint density at radius 1 is 1.33 bits per heavy atom. The van der Waals surface area contributed by atoms with Gasteiger partial charge in [0.25, 0.3) is 5.91 Å². The molecule has 0 unspecified atom stereocenters. The number of ether oxygens (including phenoxy) is 2. The van der Waals surface area contributed by atoms with Crippen LogP contribution in [0.5, 0.6) is 11.5 Å². The van der Waals surface area contributed by atoms with Gasteiger partial charge >= 0.3 is 0 Å². The van der Waals surface area contributed by atoms with Gasteiger partial charge < -0.3 is 14.4 Å². The lowest BCUT2D eigenvalue weighted by Gasteiger charge is -2.19. The number of amides is 1. The second-order valence-corrected chi connectivity index (χ2v) is 3.67. The minimum Gasteiger partial charge on any atom is -0.496 e. The van der Waals surface area contributed by atoms with Crippen LogP contribution in [0.3, 0.4) is 0 Å². The first-order valence-corrected chi connectivity index (χ1v) is 5.49. The number of nitriles is 1. The van der Waals surface area contributed by atoms with Crippen LogP contribution in [0.1, 0.15) is 16.8 Å². The normalized spacial score (nSPS) is 9.44. The van der Waals surface area contributed by atoms with E-state index < -0.39 is 0 Å². The molecule has 0 heterocycles. The fourth-order valence-corrected chi connectivity index (χ4v) is 1.57. The van der Waals surface area contributed by atoms with Crippen LogP contribution in [0.2, 0.25) is 0 Å². The van der Waals surface area contributed by atoms with E-state index in [1.54, 1.807) is 25.2 Å². The maximum atomic E-state index is 12.3. The molecule has 0 spiro atoms. The number of rotatable bonds is 5. The summed E-state index contributed by atoms with van der Waals surface area (Å²) in [6, 6.07) is 7.16. The molecule has 0 atom stereocenters. The van der Waals surface area contributed by atoms with Crippen LogP contribution >= 0.6 is 0 Å². The van der Waals surface area contributed by atoms with Crippen LogP contribution in [0, 0.1) is 11.3 Å². The minimum absolute atomic E-state index is 0.223. The van der Waals surface area contributed by atoms with Crippen molar-refractivity contribution in [1.29, 1.82) is 5.26 Å². The zero-order valence-electron chi connectivity index (χ0n) is 10.8. The van der Waals surface area contributed by atoms with Gasteiger partial charge in [-0.1, -0.05) is 6.07 Å². The highest BCUT2D eigenvalue weighted by Crippen LogP contribution is 2.29. The zero-order chi connectivity index (χ0) is 13.5. The Morgan fingerprint density at radius 2 is 1.89 bits per heavy atom. The summed E-state index contributed by atoms with van der Waals surface area (Å²) in [6.45, 7) is 0.372. The summed E-state index contributed by atoms with van der Waals surface area (Å²) >= 11 is 0. The van der Waals surface area contributed by atoms with E-state index in [2.05, 4.69) is 0 Å². The molecule has 0 bridgehead atoms. The van der Waals surface area contributed by atoms with Crippen LogP contribution in [0.25, 0.3) is 0 Å². The molecule has 0 fully saturated rings. The molecule has 0 aliphatic carbocycles. The Labute approximate surface area is 107 Å². The molecule has 0 saturated heterocycles. The van der Waals surface area contributed by atoms with Crippen LogP contribution in [-0.2, 0) is 0 Å². The van der Waals surface area contributed by atoms with Gasteiger partial charge in [-0.25, -0.2) is 0 Å². The molecule has 5 heteroatoms.